The molecule has 3 aromatic rings. The van der Waals surface area contributed by atoms with E-state index in [0.717, 1.165) is 29.9 Å². The molecule has 1 amide bonds. The molecule has 7 nitrogen and oxygen atoms in total. The number of carbonyl (C=O) groups is 1. The normalized spacial score (nSPS) is 13.4. The summed E-state index contributed by atoms with van der Waals surface area (Å²) in [7, 11) is 0. The van der Waals surface area contributed by atoms with Crippen LogP contribution in [0.4, 0.5) is 5.69 Å². The summed E-state index contributed by atoms with van der Waals surface area (Å²) in [4.78, 5) is 20.7. The Balaban J connectivity index is 1.47. The van der Waals surface area contributed by atoms with Crippen LogP contribution in [0.1, 0.15) is 36.5 Å². The lowest BCUT2D eigenvalue weighted by atomic mass is 10.2. The first kappa shape index (κ1) is 18.2. The second kappa shape index (κ2) is 7.42. The van der Waals surface area contributed by atoms with Crippen LogP contribution >= 0.6 is 0 Å². The number of hydrogen-bond donors (Lipinski definition) is 1. The van der Waals surface area contributed by atoms with Crippen LogP contribution in [0.3, 0.4) is 0 Å². The van der Waals surface area contributed by atoms with E-state index >= 15 is 0 Å². The number of amides is 1. The Kier molecular flexibility index (Phi) is 4.81. The molecule has 1 N–H and O–H groups in total. The first-order valence-corrected chi connectivity index (χ1v) is 9.43. The Morgan fingerprint density at radius 2 is 1.89 bits per heavy atom. The molecule has 1 aromatic carbocycles. The number of aromatic nitrogens is 4. The van der Waals surface area contributed by atoms with Crippen molar-refractivity contribution in [1.29, 1.82) is 0 Å². The van der Waals surface area contributed by atoms with Gasteiger partial charge in [-0.05, 0) is 69.9 Å². The summed E-state index contributed by atoms with van der Waals surface area (Å²) in [6, 6.07) is 11.0. The molecule has 1 aliphatic rings. The van der Waals surface area contributed by atoms with Crippen molar-refractivity contribution < 1.29 is 9.53 Å². The molecule has 28 heavy (non-hydrogen) atoms. The number of benzene rings is 1. The fraction of sp³-hybridized carbons (Fsp3) is 0.333. The highest BCUT2D eigenvalue weighted by Gasteiger charge is 2.24. The summed E-state index contributed by atoms with van der Waals surface area (Å²) < 4.78 is 7.67. The maximum atomic E-state index is 11.9. The van der Waals surface area contributed by atoms with Gasteiger partial charge in [-0.25, -0.2) is 9.67 Å². The van der Waals surface area contributed by atoms with Gasteiger partial charge >= 0.3 is 0 Å². The monoisotopic (exact) mass is 377 g/mol. The first-order chi connectivity index (χ1) is 13.5. The summed E-state index contributed by atoms with van der Waals surface area (Å²) in [5.74, 6) is 2.98. The molecule has 0 spiro atoms. The fourth-order valence-corrected chi connectivity index (χ4v) is 3.07. The highest BCUT2D eigenvalue weighted by molar-refractivity contribution is 5.91. The Labute approximate surface area is 163 Å². The molecule has 0 unspecified atom stereocenters. The summed E-state index contributed by atoms with van der Waals surface area (Å²) in [6.45, 7) is 5.74. The highest BCUT2D eigenvalue weighted by atomic mass is 16.5. The number of ether oxygens (including phenoxy) is 1. The van der Waals surface area contributed by atoms with Gasteiger partial charge in [0.15, 0.2) is 5.82 Å². The molecule has 2 heterocycles. The van der Waals surface area contributed by atoms with E-state index in [-0.39, 0.29) is 5.91 Å². The van der Waals surface area contributed by atoms with E-state index in [1.807, 2.05) is 51.1 Å². The molecule has 7 heteroatoms. The molecular formula is C21H23N5O2. The smallest absolute Gasteiger partial charge is 0.224 e. The van der Waals surface area contributed by atoms with Gasteiger partial charge in [0.1, 0.15) is 11.6 Å². The molecule has 1 saturated carbocycles. The van der Waals surface area contributed by atoms with E-state index in [9.17, 15) is 4.79 Å². The standard InChI is InChI=1S/C21H23N5O2/c1-13-10-14(2)26(25-13)19-12-21(23-15(3)22-19)28-18-8-6-17(7-9-18)24-20(27)11-16-4-5-16/h6-10,12,16H,4-5,11H2,1-3H3,(H,24,27). The van der Waals surface area contributed by atoms with Gasteiger partial charge in [-0.15, -0.1) is 0 Å². The van der Waals surface area contributed by atoms with Crippen LogP contribution in [-0.4, -0.2) is 25.7 Å². The van der Waals surface area contributed by atoms with Gasteiger partial charge in [0.2, 0.25) is 11.8 Å². The van der Waals surface area contributed by atoms with E-state index in [2.05, 4.69) is 20.4 Å². The average Bonchev–Trinajstić information content (AvgIpc) is 3.37. The minimum absolute atomic E-state index is 0.0668. The van der Waals surface area contributed by atoms with Crippen LogP contribution in [0.5, 0.6) is 11.6 Å². The molecular weight excluding hydrogens is 354 g/mol. The molecule has 0 bridgehead atoms. The molecule has 2 aromatic heterocycles. The van der Waals surface area contributed by atoms with Crippen molar-refractivity contribution in [2.75, 3.05) is 5.32 Å². The van der Waals surface area contributed by atoms with Crippen LogP contribution in [0.15, 0.2) is 36.4 Å². The van der Waals surface area contributed by atoms with Gasteiger partial charge in [-0.3, -0.25) is 4.79 Å². The second-order valence-electron chi connectivity index (χ2n) is 7.27. The van der Waals surface area contributed by atoms with Crippen LogP contribution < -0.4 is 10.1 Å². The van der Waals surface area contributed by atoms with Gasteiger partial charge in [-0.1, -0.05) is 0 Å². The Morgan fingerprint density at radius 3 is 2.54 bits per heavy atom. The van der Waals surface area contributed by atoms with Gasteiger partial charge in [0, 0.05) is 23.9 Å². The number of aryl methyl sites for hydroxylation is 3. The van der Waals surface area contributed by atoms with Crippen molar-refractivity contribution in [3.63, 3.8) is 0 Å². The fourth-order valence-electron chi connectivity index (χ4n) is 3.07. The topological polar surface area (TPSA) is 81.9 Å². The molecule has 1 fully saturated rings. The van der Waals surface area contributed by atoms with Gasteiger partial charge in [0.25, 0.3) is 0 Å². The SMILES string of the molecule is Cc1cc(C)n(-c2cc(Oc3ccc(NC(=O)CC4CC4)cc3)nc(C)n2)n1. The highest BCUT2D eigenvalue weighted by Crippen LogP contribution is 2.32. The molecule has 0 atom stereocenters. The minimum Gasteiger partial charge on any atom is -0.439 e. The molecule has 0 saturated heterocycles. The quantitative estimate of drug-likeness (QED) is 0.699. The molecule has 0 radical (unpaired) electrons. The van der Waals surface area contributed by atoms with E-state index < -0.39 is 0 Å². The molecule has 144 valence electrons. The predicted molar refractivity (Wildman–Crippen MR) is 106 cm³/mol. The predicted octanol–water partition coefficient (Wildman–Crippen LogP) is 4.12. The zero-order valence-electron chi connectivity index (χ0n) is 16.3. The largest absolute Gasteiger partial charge is 0.439 e. The average molecular weight is 377 g/mol. The van der Waals surface area contributed by atoms with Crippen molar-refractivity contribution in [3.8, 4) is 17.4 Å². The summed E-state index contributed by atoms with van der Waals surface area (Å²) in [6.07, 6.45) is 2.93. The van der Waals surface area contributed by atoms with Crippen molar-refractivity contribution >= 4 is 11.6 Å². The maximum Gasteiger partial charge on any atom is 0.224 e. The minimum atomic E-state index is 0.0668. The molecule has 1 aliphatic carbocycles. The van der Waals surface area contributed by atoms with E-state index in [0.29, 0.717) is 35.6 Å². The Bertz CT molecular complexity index is 1010. The maximum absolute atomic E-state index is 11.9. The zero-order valence-corrected chi connectivity index (χ0v) is 16.3. The number of nitrogens with zero attached hydrogens (tertiary/aromatic N) is 4. The van der Waals surface area contributed by atoms with E-state index in [1.54, 1.807) is 10.7 Å². The summed E-state index contributed by atoms with van der Waals surface area (Å²) in [5.41, 5.74) is 2.68. The molecule has 0 aliphatic heterocycles. The third-order valence-corrected chi connectivity index (χ3v) is 4.56. The number of rotatable bonds is 6. The first-order valence-electron chi connectivity index (χ1n) is 9.43. The third kappa shape index (κ3) is 4.36. The third-order valence-electron chi connectivity index (χ3n) is 4.56. The lowest BCUT2D eigenvalue weighted by Gasteiger charge is -2.10. The van der Waals surface area contributed by atoms with E-state index in [4.69, 9.17) is 4.74 Å². The molecule has 4 rings (SSSR count). The Hall–Kier alpha value is -3.22. The van der Waals surface area contributed by atoms with Gasteiger partial charge < -0.3 is 10.1 Å². The Morgan fingerprint density at radius 1 is 1.14 bits per heavy atom. The van der Waals surface area contributed by atoms with Crippen molar-refractivity contribution in [1.82, 2.24) is 19.7 Å². The number of nitrogens with one attached hydrogen (secondary N) is 1. The van der Waals surface area contributed by atoms with Crippen LogP contribution in [-0.2, 0) is 4.79 Å². The van der Waals surface area contributed by atoms with E-state index in [1.165, 1.54) is 0 Å². The summed E-state index contributed by atoms with van der Waals surface area (Å²) in [5, 5.41) is 7.39. The van der Waals surface area contributed by atoms with Crippen LogP contribution in [0.25, 0.3) is 5.82 Å². The van der Waals surface area contributed by atoms with Gasteiger partial charge in [0.05, 0.1) is 5.69 Å². The van der Waals surface area contributed by atoms with Crippen molar-refractivity contribution in [2.24, 2.45) is 5.92 Å². The van der Waals surface area contributed by atoms with Crippen molar-refractivity contribution in [3.05, 3.63) is 53.6 Å². The lowest BCUT2D eigenvalue weighted by Crippen LogP contribution is -2.11. The van der Waals surface area contributed by atoms with Crippen molar-refractivity contribution in [2.45, 2.75) is 40.0 Å². The number of hydrogen-bond acceptors (Lipinski definition) is 5. The number of anilines is 1. The number of carbonyl (C=O) groups excluding carboxylic acids is 1. The summed E-state index contributed by atoms with van der Waals surface area (Å²) >= 11 is 0. The van der Waals surface area contributed by atoms with Crippen LogP contribution in [0.2, 0.25) is 0 Å². The lowest BCUT2D eigenvalue weighted by molar-refractivity contribution is -0.116. The van der Waals surface area contributed by atoms with Crippen LogP contribution in [0, 0.1) is 26.7 Å². The second-order valence-corrected chi connectivity index (χ2v) is 7.27. The van der Waals surface area contributed by atoms with Gasteiger partial charge in [-0.2, -0.15) is 10.1 Å². The zero-order chi connectivity index (χ0) is 19.7.